The first-order valence-corrected chi connectivity index (χ1v) is 7.01. The van der Waals surface area contributed by atoms with E-state index in [1.807, 2.05) is 13.0 Å². The largest absolute Gasteiger partial charge is 0.488 e. The molecule has 0 fully saturated rings. The summed E-state index contributed by atoms with van der Waals surface area (Å²) in [4.78, 5) is 0. The fourth-order valence-electron chi connectivity index (χ4n) is 1.47. The average molecular weight is 283 g/mol. The minimum absolute atomic E-state index is 0.00846. The molecule has 4 heteroatoms. The summed E-state index contributed by atoms with van der Waals surface area (Å²) in [5.41, 5.74) is -0.0725. The minimum Gasteiger partial charge on any atom is -0.488 e. The molecule has 2 N–H and O–H groups in total. The quantitative estimate of drug-likeness (QED) is 0.842. The molecule has 0 saturated heterocycles. The summed E-state index contributed by atoms with van der Waals surface area (Å²) in [7, 11) is 0. The van der Waals surface area contributed by atoms with Crippen LogP contribution in [0.5, 0.6) is 5.75 Å². The number of rotatable bonds is 6. The van der Waals surface area contributed by atoms with Crippen LogP contribution in [0.3, 0.4) is 0 Å². The van der Waals surface area contributed by atoms with E-state index in [1.165, 1.54) is 6.07 Å². The monoisotopic (exact) mass is 283 g/mol. The van der Waals surface area contributed by atoms with E-state index in [0.29, 0.717) is 13.0 Å². The molecular formula is C16H26FNO2. The maximum Gasteiger partial charge on any atom is 0.165 e. The van der Waals surface area contributed by atoms with Gasteiger partial charge in [-0.15, -0.1) is 0 Å². The van der Waals surface area contributed by atoms with Gasteiger partial charge in [0.25, 0.3) is 0 Å². The molecule has 1 unspecified atom stereocenters. The van der Waals surface area contributed by atoms with Gasteiger partial charge in [0.15, 0.2) is 11.6 Å². The molecule has 1 aromatic carbocycles. The average Bonchev–Trinajstić information content (AvgIpc) is 2.34. The van der Waals surface area contributed by atoms with Crippen LogP contribution < -0.4 is 10.1 Å². The molecule has 0 aliphatic rings. The van der Waals surface area contributed by atoms with Gasteiger partial charge in [-0.25, -0.2) is 4.39 Å². The number of ether oxygens (including phenoxy) is 1. The summed E-state index contributed by atoms with van der Waals surface area (Å²) in [5.74, 6) is -0.219. The number of halogens is 1. The lowest BCUT2D eigenvalue weighted by molar-refractivity contribution is 0.00733. The van der Waals surface area contributed by atoms with Gasteiger partial charge < -0.3 is 15.2 Å². The van der Waals surface area contributed by atoms with Crippen molar-refractivity contribution in [1.82, 2.24) is 5.32 Å². The highest BCUT2D eigenvalue weighted by Gasteiger charge is 2.19. The van der Waals surface area contributed by atoms with E-state index in [2.05, 4.69) is 26.1 Å². The molecule has 20 heavy (non-hydrogen) atoms. The highest BCUT2D eigenvalue weighted by Crippen LogP contribution is 2.21. The van der Waals surface area contributed by atoms with E-state index >= 15 is 0 Å². The second-order valence-corrected chi connectivity index (χ2v) is 6.51. The van der Waals surface area contributed by atoms with Gasteiger partial charge in [0.1, 0.15) is 6.61 Å². The molecular weight excluding hydrogens is 257 g/mol. The summed E-state index contributed by atoms with van der Waals surface area (Å²) in [6.45, 7) is 10.4. The van der Waals surface area contributed by atoms with E-state index in [9.17, 15) is 9.50 Å². The lowest BCUT2D eigenvalue weighted by Crippen LogP contribution is -2.35. The molecule has 0 amide bonds. The highest BCUT2D eigenvalue weighted by molar-refractivity contribution is 5.29. The summed E-state index contributed by atoms with van der Waals surface area (Å²) in [5, 5.41) is 13.1. The van der Waals surface area contributed by atoms with Crippen molar-refractivity contribution in [2.75, 3.05) is 6.61 Å². The Bertz CT molecular complexity index is 439. The van der Waals surface area contributed by atoms with Crippen molar-refractivity contribution in [2.45, 2.75) is 58.7 Å². The second kappa shape index (κ2) is 6.55. The van der Waals surface area contributed by atoms with Crippen LogP contribution in [0.2, 0.25) is 0 Å². The van der Waals surface area contributed by atoms with Crippen molar-refractivity contribution in [2.24, 2.45) is 0 Å². The molecule has 0 aliphatic carbocycles. The van der Waals surface area contributed by atoms with Crippen LogP contribution in [0.25, 0.3) is 0 Å². The zero-order valence-corrected chi connectivity index (χ0v) is 13.1. The van der Waals surface area contributed by atoms with Crippen LogP contribution in [-0.2, 0) is 6.54 Å². The second-order valence-electron chi connectivity index (χ2n) is 6.51. The van der Waals surface area contributed by atoms with Gasteiger partial charge in [-0.2, -0.15) is 0 Å². The van der Waals surface area contributed by atoms with Crippen molar-refractivity contribution in [3.63, 3.8) is 0 Å². The Morgan fingerprint density at radius 3 is 2.40 bits per heavy atom. The Morgan fingerprint density at radius 1 is 1.25 bits per heavy atom. The number of nitrogens with one attached hydrogen (secondary N) is 1. The third-order valence-corrected chi connectivity index (χ3v) is 3.12. The Hall–Kier alpha value is -1.13. The van der Waals surface area contributed by atoms with Crippen molar-refractivity contribution in [3.05, 3.63) is 29.6 Å². The van der Waals surface area contributed by atoms with Crippen LogP contribution in [0.15, 0.2) is 18.2 Å². The van der Waals surface area contributed by atoms with Crippen LogP contribution >= 0.6 is 0 Å². The van der Waals surface area contributed by atoms with E-state index < -0.39 is 11.4 Å². The third kappa shape index (κ3) is 5.88. The van der Waals surface area contributed by atoms with Crippen LogP contribution in [0, 0.1) is 5.82 Å². The molecule has 114 valence electrons. The van der Waals surface area contributed by atoms with Gasteiger partial charge in [-0.3, -0.25) is 0 Å². The number of benzene rings is 1. The smallest absolute Gasteiger partial charge is 0.165 e. The maximum atomic E-state index is 13.9. The number of hydrogen-bond donors (Lipinski definition) is 2. The standard InChI is InChI=1S/C16H26FNO2/c1-6-16(5,19)11-20-14-8-7-12(9-13(14)17)10-18-15(2,3)4/h7-9,18-19H,6,10-11H2,1-5H3. The van der Waals surface area contributed by atoms with Gasteiger partial charge in [0.2, 0.25) is 0 Å². The Kier molecular flexibility index (Phi) is 5.54. The first-order valence-electron chi connectivity index (χ1n) is 7.01. The Balaban J connectivity index is 2.64. The van der Waals surface area contributed by atoms with Crippen LogP contribution in [-0.4, -0.2) is 22.9 Å². The Labute approximate surface area is 121 Å². The molecule has 0 bridgehead atoms. The fourth-order valence-corrected chi connectivity index (χ4v) is 1.47. The molecule has 0 heterocycles. The first-order chi connectivity index (χ1) is 9.13. The SMILES string of the molecule is CCC(C)(O)COc1ccc(CNC(C)(C)C)cc1F. The van der Waals surface area contributed by atoms with Crippen molar-refractivity contribution in [3.8, 4) is 5.75 Å². The summed E-state index contributed by atoms with van der Waals surface area (Å²) < 4.78 is 19.3. The van der Waals surface area contributed by atoms with Crippen LogP contribution in [0.4, 0.5) is 4.39 Å². The molecule has 1 aromatic rings. The molecule has 0 radical (unpaired) electrons. The summed E-state index contributed by atoms with van der Waals surface area (Å²) in [6, 6.07) is 4.91. The van der Waals surface area contributed by atoms with E-state index in [1.54, 1.807) is 13.0 Å². The molecule has 3 nitrogen and oxygen atoms in total. The van der Waals surface area contributed by atoms with Crippen molar-refractivity contribution >= 4 is 0 Å². The van der Waals surface area contributed by atoms with E-state index in [0.717, 1.165) is 5.56 Å². The first kappa shape index (κ1) is 16.9. The molecule has 0 spiro atoms. The number of aliphatic hydroxyl groups is 1. The molecule has 0 saturated carbocycles. The predicted molar refractivity (Wildman–Crippen MR) is 79.4 cm³/mol. The van der Waals surface area contributed by atoms with Crippen molar-refractivity contribution < 1.29 is 14.2 Å². The lowest BCUT2D eigenvalue weighted by atomic mass is 10.1. The minimum atomic E-state index is -0.932. The molecule has 0 aliphatic heterocycles. The number of hydrogen-bond acceptors (Lipinski definition) is 3. The van der Waals surface area contributed by atoms with Gasteiger partial charge in [-0.1, -0.05) is 13.0 Å². The zero-order valence-electron chi connectivity index (χ0n) is 13.1. The van der Waals surface area contributed by atoms with E-state index in [-0.39, 0.29) is 17.9 Å². The van der Waals surface area contributed by atoms with Gasteiger partial charge >= 0.3 is 0 Å². The molecule has 0 aromatic heterocycles. The molecule has 1 rings (SSSR count). The zero-order chi connectivity index (χ0) is 15.4. The lowest BCUT2D eigenvalue weighted by Gasteiger charge is -2.22. The molecule has 1 atom stereocenters. The summed E-state index contributed by atoms with van der Waals surface area (Å²) in [6.07, 6.45) is 0.558. The van der Waals surface area contributed by atoms with Crippen LogP contribution in [0.1, 0.15) is 46.6 Å². The van der Waals surface area contributed by atoms with Crippen molar-refractivity contribution in [1.29, 1.82) is 0 Å². The maximum absolute atomic E-state index is 13.9. The Morgan fingerprint density at radius 2 is 1.90 bits per heavy atom. The van der Waals surface area contributed by atoms with Gasteiger partial charge in [0, 0.05) is 12.1 Å². The van der Waals surface area contributed by atoms with Gasteiger partial charge in [0.05, 0.1) is 5.60 Å². The normalized spacial score (nSPS) is 14.9. The summed E-state index contributed by atoms with van der Waals surface area (Å²) >= 11 is 0. The fraction of sp³-hybridized carbons (Fsp3) is 0.625. The topological polar surface area (TPSA) is 41.5 Å². The highest BCUT2D eigenvalue weighted by atomic mass is 19.1. The predicted octanol–water partition coefficient (Wildman–Crippen LogP) is 3.25. The van der Waals surface area contributed by atoms with Gasteiger partial charge in [-0.05, 0) is 51.8 Å². The third-order valence-electron chi connectivity index (χ3n) is 3.12. The van der Waals surface area contributed by atoms with E-state index in [4.69, 9.17) is 4.74 Å².